The van der Waals surface area contributed by atoms with Crippen LogP contribution in [-0.2, 0) is 24.5 Å². The fraction of sp³-hybridized carbons (Fsp3) is 0.370. The number of rotatable bonds is 9. The van der Waals surface area contributed by atoms with E-state index in [2.05, 4.69) is 39.0 Å². The summed E-state index contributed by atoms with van der Waals surface area (Å²) in [5.74, 6) is -0.430. The van der Waals surface area contributed by atoms with Crippen LogP contribution in [0.4, 0.5) is 5.69 Å². The number of hydrogen-bond acceptors (Lipinski definition) is 6. The second-order valence-electron chi connectivity index (χ2n) is 10.5. The van der Waals surface area contributed by atoms with Gasteiger partial charge in [-0.1, -0.05) is 45.0 Å². The summed E-state index contributed by atoms with van der Waals surface area (Å²) < 4.78 is 13.5. The van der Waals surface area contributed by atoms with Crippen LogP contribution < -0.4 is 16.2 Å². The highest BCUT2D eigenvalue weighted by Gasteiger charge is 2.37. The van der Waals surface area contributed by atoms with Gasteiger partial charge in [0.25, 0.3) is 0 Å². The van der Waals surface area contributed by atoms with E-state index in [1.165, 1.54) is 17.9 Å². The molecule has 3 rings (SSSR count). The van der Waals surface area contributed by atoms with Gasteiger partial charge in [0.2, 0.25) is 5.91 Å². The average molecular weight is 509 g/mol. The molecule has 0 aliphatic carbocycles. The van der Waals surface area contributed by atoms with Crippen LogP contribution in [0.25, 0.3) is 11.3 Å². The first-order valence-electron chi connectivity index (χ1n) is 11.8. The van der Waals surface area contributed by atoms with Crippen LogP contribution in [0, 0.1) is 0 Å². The summed E-state index contributed by atoms with van der Waals surface area (Å²) in [5.41, 5.74) is 15.4. The summed E-state index contributed by atoms with van der Waals surface area (Å²) in [6.45, 7) is 11.7. The average Bonchev–Trinajstić information content (AvgIpc) is 3.14. The molecule has 192 valence electrons. The molecule has 2 aromatic carbocycles. The zero-order valence-electron chi connectivity index (χ0n) is 22.1. The molecule has 0 spiro atoms. The van der Waals surface area contributed by atoms with Crippen LogP contribution in [0.15, 0.2) is 42.5 Å². The molecule has 0 aliphatic heterocycles. The minimum atomic E-state index is -1.85. The third-order valence-electron chi connectivity index (χ3n) is 6.88. The molecule has 3 aromatic rings. The SMILES string of the molecule is COc1c(-c2ccc(CO[Si](C)(C)C(C)(C)C)cc2)nn(C)c1C(=O)Cc1cc(C(N)=O)ccc1N. The third kappa shape index (κ3) is 5.68. The normalized spacial score (nSPS) is 12.0. The Morgan fingerprint density at radius 2 is 1.72 bits per heavy atom. The molecule has 0 saturated carbocycles. The standard InChI is InChI=1S/C27H36N4O4Si/c1-27(2,3)36(6,7)35-16-17-8-10-18(11-9-17)23-25(34-5)24(31(4)30-23)22(32)15-20-14-19(26(29)33)12-13-21(20)28/h8-14H,15-16,28H2,1-7H3,(H2,29,33). The molecule has 36 heavy (non-hydrogen) atoms. The number of nitrogen functional groups attached to an aromatic ring is 1. The number of benzene rings is 2. The van der Waals surface area contributed by atoms with Crippen molar-refractivity contribution in [3.63, 3.8) is 0 Å². The Kier molecular flexibility index (Phi) is 7.75. The minimum absolute atomic E-state index is 0.0218. The first-order valence-corrected chi connectivity index (χ1v) is 14.7. The summed E-state index contributed by atoms with van der Waals surface area (Å²) in [4.78, 5) is 24.8. The molecular formula is C27H36N4O4Si. The number of aryl methyl sites for hydroxylation is 1. The number of methoxy groups -OCH3 is 1. The van der Waals surface area contributed by atoms with Crippen LogP contribution in [-0.4, -0.2) is 36.9 Å². The molecule has 0 fully saturated rings. The van der Waals surface area contributed by atoms with Gasteiger partial charge in [-0.3, -0.25) is 14.3 Å². The molecule has 0 unspecified atom stereocenters. The van der Waals surface area contributed by atoms with Gasteiger partial charge in [0.05, 0.1) is 13.7 Å². The van der Waals surface area contributed by atoms with Crippen LogP contribution in [0.5, 0.6) is 5.75 Å². The van der Waals surface area contributed by atoms with Gasteiger partial charge >= 0.3 is 0 Å². The van der Waals surface area contributed by atoms with E-state index in [1.54, 1.807) is 19.2 Å². The number of Topliss-reactive ketones (excluding diaryl/α,β-unsaturated/α-hetero) is 1. The predicted octanol–water partition coefficient (Wildman–Crippen LogP) is 4.72. The lowest BCUT2D eigenvalue weighted by Gasteiger charge is -2.36. The minimum Gasteiger partial charge on any atom is -0.492 e. The van der Waals surface area contributed by atoms with E-state index < -0.39 is 14.2 Å². The van der Waals surface area contributed by atoms with Crippen molar-refractivity contribution in [1.29, 1.82) is 0 Å². The zero-order chi connectivity index (χ0) is 26.8. The largest absolute Gasteiger partial charge is 0.492 e. The van der Waals surface area contributed by atoms with Gasteiger partial charge in [0.15, 0.2) is 19.9 Å². The molecule has 1 amide bonds. The van der Waals surface area contributed by atoms with Crippen molar-refractivity contribution in [1.82, 2.24) is 9.78 Å². The smallest absolute Gasteiger partial charge is 0.248 e. The van der Waals surface area contributed by atoms with E-state index in [9.17, 15) is 9.59 Å². The van der Waals surface area contributed by atoms with E-state index in [1.807, 2.05) is 24.3 Å². The van der Waals surface area contributed by atoms with Gasteiger partial charge in [-0.05, 0) is 47.5 Å². The zero-order valence-corrected chi connectivity index (χ0v) is 23.1. The number of carbonyl (C=O) groups is 2. The van der Waals surface area contributed by atoms with Gasteiger partial charge in [-0.15, -0.1) is 0 Å². The van der Waals surface area contributed by atoms with Crippen molar-refractivity contribution < 1.29 is 18.8 Å². The number of hydrogen-bond donors (Lipinski definition) is 2. The first kappa shape index (κ1) is 27.2. The summed E-state index contributed by atoms with van der Waals surface area (Å²) >= 11 is 0. The molecule has 0 atom stereocenters. The van der Waals surface area contributed by atoms with Crippen molar-refractivity contribution >= 4 is 25.7 Å². The summed E-state index contributed by atoms with van der Waals surface area (Å²) in [5, 5.41) is 4.71. The second kappa shape index (κ2) is 10.3. The molecule has 0 bridgehead atoms. The molecule has 0 aliphatic rings. The summed E-state index contributed by atoms with van der Waals surface area (Å²) in [6, 6.07) is 12.6. The Balaban J connectivity index is 1.85. The fourth-order valence-corrected chi connectivity index (χ4v) is 4.56. The Morgan fingerprint density at radius 1 is 1.08 bits per heavy atom. The fourth-order valence-electron chi connectivity index (χ4n) is 3.60. The number of nitrogens with two attached hydrogens (primary N) is 2. The van der Waals surface area contributed by atoms with Crippen LogP contribution >= 0.6 is 0 Å². The lowest BCUT2D eigenvalue weighted by molar-refractivity contribution is 0.0975. The number of primary amides is 1. The molecule has 1 heterocycles. The van der Waals surface area contributed by atoms with E-state index in [0.29, 0.717) is 40.6 Å². The van der Waals surface area contributed by atoms with Gasteiger partial charge in [0, 0.05) is 30.3 Å². The van der Waals surface area contributed by atoms with Gasteiger partial charge in [0.1, 0.15) is 11.4 Å². The molecule has 4 N–H and O–H groups in total. The number of ether oxygens (including phenoxy) is 1. The highest BCUT2D eigenvalue weighted by molar-refractivity contribution is 6.74. The van der Waals surface area contributed by atoms with Crippen molar-refractivity contribution in [3.05, 3.63) is 64.8 Å². The first-order chi connectivity index (χ1) is 16.7. The van der Waals surface area contributed by atoms with E-state index >= 15 is 0 Å². The molecule has 0 saturated heterocycles. The Bertz CT molecular complexity index is 1270. The number of amides is 1. The third-order valence-corrected chi connectivity index (χ3v) is 11.4. The number of anilines is 1. The highest BCUT2D eigenvalue weighted by Crippen LogP contribution is 2.37. The van der Waals surface area contributed by atoms with Gasteiger partial charge in [-0.2, -0.15) is 5.10 Å². The summed E-state index contributed by atoms with van der Waals surface area (Å²) in [7, 11) is 1.36. The maximum Gasteiger partial charge on any atom is 0.248 e. The molecule has 9 heteroatoms. The van der Waals surface area contributed by atoms with Crippen LogP contribution in [0.3, 0.4) is 0 Å². The van der Waals surface area contributed by atoms with Crippen LogP contribution in [0.1, 0.15) is 52.7 Å². The number of aromatic nitrogens is 2. The second-order valence-corrected chi connectivity index (χ2v) is 15.3. The van der Waals surface area contributed by atoms with Gasteiger partial charge < -0.3 is 20.6 Å². The van der Waals surface area contributed by atoms with Crippen molar-refractivity contribution in [2.24, 2.45) is 12.8 Å². The monoisotopic (exact) mass is 508 g/mol. The molecular weight excluding hydrogens is 472 g/mol. The number of nitrogens with zero attached hydrogens (tertiary/aromatic N) is 2. The van der Waals surface area contributed by atoms with E-state index in [4.69, 9.17) is 20.6 Å². The topological polar surface area (TPSA) is 122 Å². The molecule has 1 aromatic heterocycles. The van der Waals surface area contributed by atoms with E-state index in [0.717, 1.165) is 11.1 Å². The lowest BCUT2D eigenvalue weighted by atomic mass is 10.0. The van der Waals surface area contributed by atoms with E-state index in [-0.39, 0.29) is 17.2 Å². The lowest BCUT2D eigenvalue weighted by Crippen LogP contribution is -2.40. The maximum absolute atomic E-state index is 13.3. The number of carbonyl (C=O) groups excluding carboxylic acids is 2. The predicted molar refractivity (Wildman–Crippen MR) is 145 cm³/mol. The Morgan fingerprint density at radius 3 is 2.28 bits per heavy atom. The van der Waals surface area contributed by atoms with Crippen molar-refractivity contribution in [3.8, 4) is 17.0 Å². The maximum atomic E-state index is 13.3. The van der Waals surface area contributed by atoms with Gasteiger partial charge in [-0.25, -0.2) is 0 Å². The summed E-state index contributed by atoms with van der Waals surface area (Å²) in [6.07, 6.45) is -0.0218. The number of ketones is 1. The highest BCUT2D eigenvalue weighted by atomic mass is 28.4. The van der Waals surface area contributed by atoms with Crippen molar-refractivity contribution in [2.45, 2.75) is 51.9 Å². The van der Waals surface area contributed by atoms with Crippen molar-refractivity contribution in [2.75, 3.05) is 12.8 Å². The quantitative estimate of drug-likeness (QED) is 0.245. The molecule has 8 nitrogen and oxygen atoms in total. The molecule has 0 radical (unpaired) electrons. The van der Waals surface area contributed by atoms with Crippen LogP contribution in [0.2, 0.25) is 18.1 Å². The Hall–Kier alpha value is -3.43. The Labute approximate surface area is 213 Å².